The molecule has 2 bridgehead atoms. The molecule has 0 amide bonds. The molecule has 0 spiro atoms. The number of halogens is 1. The van der Waals surface area contributed by atoms with E-state index in [0.717, 1.165) is 18.4 Å². The largest absolute Gasteiger partial charge is 0.384 e. The van der Waals surface area contributed by atoms with Gasteiger partial charge >= 0.3 is 0 Å². The minimum Gasteiger partial charge on any atom is -0.384 e. The third kappa shape index (κ3) is 1.18. The molecule has 2 heteroatoms. The van der Waals surface area contributed by atoms with Crippen LogP contribution in [0.5, 0.6) is 0 Å². The van der Waals surface area contributed by atoms with Crippen LogP contribution in [0.3, 0.4) is 0 Å². The van der Waals surface area contributed by atoms with Crippen molar-refractivity contribution in [2.24, 2.45) is 11.8 Å². The van der Waals surface area contributed by atoms with E-state index in [0.29, 0.717) is 16.7 Å². The van der Waals surface area contributed by atoms with Gasteiger partial charge in [0.25, 0.3) is 0 Å². The molecule has 2 fully saturated rings. The van der Waals surface area contributed by atoms with Gasteiger partial charge in [-0.3, -0.25) is 0 Å². The molecule has 15 heavy (non-hydrogen) atoms. The van der Waals surface area contributed by atoms with E-state index in [9.17, 15) is 5.11 Å². The molecular formula is C13H15BrO. The Morgan fingerprint density at radius 2 is 1.73 bits per heavy atom. The summed E-state index contributed by atoms with van der Waals surface area (Å²) in [4.78, 5) is 0.524. The smallest absolute Gasteiger partial charge is 0.0974 e. The highest BCUT2D eigenvalue weighted by molar-refractivity contribution is 9.09. The van der Waals surface area contributed by atoms with E-state index in [1.807, 2.05) is 18.2 Å². The van der Waals surface area contributed by atoms with Gasteiger partial charge in [0.15, 0.2) is 0 Å². The second-order valence-corrected chi connectivity index (χ2v) is 5.84. The van der Waals surface area contributed by atoms with Gasteiger partial charge in [-0.25, -0.2) is 0 Å². The van der Waals surface area contributed by atoms with Gasteiger partial charge in [-0.1, -0.05) is 52.7 Å². The maximum atomic E-state index is 10.8. The van der Waals surface area contributed by atoms with Crippen molar-refractivity contribution in [2.75, 3.05) is 0 Å². The lowest BCUT2D eigenvalue weighted by Crippen LogP contribution is -2.63. The second-order valence-electron chi connectivity index (χ2n) is 4.78. The zero-order chi connectivity index (χ0) is 10.5. The Kier molecular flexibility index (Phi) is 2.18. The molecule has 1 nitrogen and oxygen atoms in total. The van der Waals surface area contributed by atoms with Gasteiger partial charge in [-0.2, -0.15) is 0 Å². The number of alkyl halides is 1. The van der Waals surface area contributed by atoms with Crippen LogP contribution in [0.15, 0.2) is 30.3 Å². The van der Waals surface area contributed by atoms with Gasteiger partial charge in [0.2, 0.25) is 0 Å². The van der Waals surface area contributed by atoms with Crippen molar-refractivity contribution in [2.45, 2.75) is 29.7 Å². The summed E-state index contributed by atoms with van der Waals surface area (Å²) in [5, 5.41) is 10.8. The summed E-state index contributed by atoms with van der Waals surface area (Å²) in [7, 11) is 0. The standard InChI is InChI=1S/C13H15BrO/c14-12-10-7-4-8-11(12)13(10,15)9-5-2-1-3-6-9/h1-3,5-6,10-12,15H,4,7-8H2/t10-,11+,12?,13?. The van der Waals surface area contributed by atoms with E-state index in [-0.39, 0.29) is 0 Å². The summed E-state index contributed by atoms with van der Waals surface area (Å²) < 4.78 is 0. The lowest BCUT2D eigenvalue weighted by atomic mass is 9.51. The molecule has 1 N–H and O–H groups in total. The molecule has 2 unspecified atom stereocenters. The summed E-state index contributed by atoms with van der Waals surface area (Å²) in [6.45, 7) is 0. The Labute approximate surface area is 98.6 Å². The van der Waals surface area contributed by atoms with E-state index >= 15 is 0 Å². The normalized spacial score (nSPS) is 43.5. The molecule has 2 saturated carbocycles. The van der Waals surface area contributed by atoms with Crippen LogP contribution in [0.25, 0.3) is 0 Å². The predicted molar refractivity (Wildman–Crippen MR) is 63.9 cm³/mol. The molecule has 2 aliphatic rings. The monoisotopic (exact) mass is 266 g/mol. The fourth-order valence-electron chi connectivity index (χ4n) is 3.37. The van der Waals surface area contributed by atoms with Crippen LogP contribution < -0.4 is 0 Å². The number of hydrogen-bond acceptors (Lipinski definition) is 1. The maximum Gasteiger partial charge on any atom is 0.0974 e. The number of aliphatic hydroxyl groups is 1. The second kappa shape index (κ2) is 3.33. The third-order valence-electron chi connectivity index (χ3n) is 4.17. The fourth-order valence-corrected chi connectivity index (χ4v) is 4.71. The summed E-state index contributed by atoms with van der Waals surface area (Å²) in [6, 6.07) is 10.2. The maximum absolute atomic E-state index is 10.8. The lowest BCUT2D eigenvalue weighted by molar-refractivity contribution is -0.176. The molecule has 1 aromatic rings. The Morgan fingerprint density at radius 3 is 2.27 bits per heavy atom. The highest BCUT2D eigenvalue weighted by atomic mass is 79.9. The van der Waals surface area contributed by atoms with Crippen molar-refractivity contribution in [1.29, 1.82) is 0 Å². The van der Waals surface area contributed by atoms with Crippen LogP contribution in [0.4, 0.5) is 0 Å². The van der Waals surface area contributed by atoms with Crippen molar-refractivity contribution in [1.82, 2.24) is 0 Å². The average molecular weight is 267 g/mol. The Hall–Kier alpha value is -0.340. The molecule has 0 heterocycles. The predicted octanol–water partition coefficient (Wildman–Crippen LogP) is 3.07. The zero-order valence-electron chi connectivity index (χ0n) is 8.57. The molecule has 80 valence electrons. The van der Waals surface area contributed by atoms with Crippen LogP contribution >= 0.6 is 15.9 Å². The average Bonchev–Trinajstić information content (AvgIpc) is 2.31. The molecule has 2 aliphatic carbocycles. The summed E-state index contributed by atoms with van der Waals surface area (Å²) in [5.41, 5.74) is 0.559. The van der Waals surface area contributed by atoms with Crippen molar-refractivity contribution in [3.63, 3.8) is 0 Å². The highest BCUT2D eigenvalue weighted by Gasteiger charge is 2.62. The first-order valence-electron chi connectivity index (χ1n) is 5.66. The fraction of sp³-hybridized carbons (Fsp3) is 0.538. The zero-order valence-corrected chi connectivity index (χ0v) is 10.2. The topological polar surface area (TPSA) is 20.2 Å². The van der Waals surface area contributed by atoms with E-state index < -0.39 is 5.60 Å². The molecule has 0 aromatic heterocycles. The van der Waals surface area contributed by atoms with Crippen LogP contribution in [-0.2, 0) is 5.60 Å². The highest BCUT2D eigenvalue weighted by Crippen LogP contribution is 2.61. The first-order chi connectivity index (χ1) is 7.24. The van der Waals surface area contributed by atoms with E-state index in [1.54, 1.807) is 0 Å². The van der Waals surface area contributed by atoms with Crippen LogP contribution in [0.2, 0.25) is 0 Å². The molecule has 0 radical (unpaired) electrons. The molecular weight excluding hydrogens is 252 g/mol. The van der Waals surface area contributed by atoms with Gasteiger partial charge in [0.1, 0.15) is 0 Å². The van der Waals surface area contributed by atoms with Crippen LogP contribution in [-0.4, -0.2) is 9.93 Å². The molecule has 1 aromatic carbocycles. The van der Waals surface area contributed by atoms with Crippen molar-refractivity contribution < 1.29 is 5.11 Å². The summed E-state index contributed by atoms with van der Waals surface area (Å²) in [6.07, 6.45) is 3.57. The van der Waals surface area contributed by atoms with E-state index in [1.165, 1.54) is 6.42 Å². The van der Waals surface area contributed by atoms with Gasteiger partial charge in [0, 0.05) is 16.7 Å². The number of hydrogen-bond donors (Lipinski definition) is 1. The Balaban J connectivity index is 1.99. The number of benzene rings is 1. The van der Waals surface area contributed by atoms with Gasteiger partial charge in [0.05, 0.1) is 5.60 Å². The van der Waals surface area contributed by atoms with E-state index in [4.69, 9.17) is 0 Å². The van der Waals surface area contributed by atoms with Crippen molar-refractivity contribution in [3.05, 3.63) is 35.9 Å². The Morgan fingerprint density at radius 1 is 1.13 bits per heavy atom. The minimum absolute atomic E-state index is 0.415. The van der Waals surface area contributed by atoms with E-state index in [2.05, 4.69) is 28.1 Å². The third-order valence-corrected chi connectivity index (χ3v) is 5.44. The summed E-state index contributed by atoms with van der Waals surface area (Å²) >= 11 is 3.72. The number of fused-ring (bicyclic) bond motifs is 2. The van der Waals surface area contributed by atoms with Crippen molar-refractivity contribution >= 4 is 15.9 Å². The number of rotatable bonds is 1. The van der Waals surface area contributed by atoms with Gasteiger partial charge in [-0.05, 0) is 18.4 Å². The van der Waals surface area contributed by atoms with Crippen molar-refractivity contribution in [3.8, 4) is 0 Å². The SMILES string of the molecule is OC1(c2ccccc2)[C@@H]2CCC[C@H]1C2Br. The molecule has 0 saturated heterocycles. The molecule has 3 rings (SSSR count). The first-order valence-corrected chi connectivity index (χ1v) is 6.58. The lowest BCUT2D eigenvalue weighted by Gasteiger charge is -2.60. The van der Waals surface area contributed by atoms with Crippen LogP contribution in [0, 0.1) is 11.8 Å². The minimum atomic E-state index is -0.548. The van der Waals surface area contributed by atoms with Gasteiger partial charge < -0.3 is 5.11 Å². The van der Waals surface area contributed by atoms with Gasteiger partial charge in [-0.15, -0.1) is 0 Å². The quantitative estimate of drug-likeness (QED) is 0.775. The molecule has 4 atom stereocenters. The Bertz CT molecular complexity index is 350. The summed E-state index contributed by atoms with van der Waals surface area (Å²) in [5.74, 6) is 0.831. The molecule has 0 aliphatic heterocycles. The van der Waals surface area contributed by atoms with Crippen LogP contribution in [0.1, 0.15) is 24.8 Å². The first kappa shape index (κ1) is 9.86.